The molecule has 1 unspecified atom stereocenters. The number of hydrogen-bond acceptors (Lipinski definition) is 4. The summed E-state index contributed by atoms with van der Waals surface area (Å²) in [7, 11) is 0. The molecule has 0 saturated heterocycles. The van der Waals surface area contributed by atoms with E-state index in [1.54, 1.807) is 11.8 Å². The van der Waals surface area contributed by atoms with Crippen LogP contribution in [0.25, 0.3) is 0 Å². The van der Waals surface area contributed by atoms with Gasteiger partial charge in [0.1, 0.15) is 6.04 Å². The van der Waals surface area contributed by atoms with Gasteiger partial charge < -0.3 is 16.2 Å². The van der Waals surface area contributed by atoms with Crippen molar-refractivity contribution in [1.82, 2.24) is 5.32 Å². The highest BCUT2D eigenvalue weighted by Gasteiger charge is 2.32. The van der Waals surface area contributed by atoms with Gasteiger partial charge in [0, 0.05) is 0 Å². The van der Waals surface area contributed by atoms with Gasteiger partial charge in [-0.15, -0.1) is 0 Å². The van der Waals surface area contributed by atoms with E-state index in [4.69, 9.17) is 10.8 Å². The highest BCUT2D eigenvalue weighted by molar-refractivity contribution is 7.98. The van der Waals surface area contributed by atoms with Crippen LogP contribution in [0, 0.1) is 0 Å². The van der Waals surface area contributed by atoms with E-state index in [-0.39, 0.29) is 5.91 Å². The number of nitrogens with two attached hydrogens (primary N) is 1. The Morgan fingerprint density at radius 2 is 1.94 bits per heavy atom. The van der Waals surface area contributed by atoms with Crippen molar-refractivity contribution in [3.8, 4) is 0 Å². The molecule has 0 spiro atoms. The second-order valence-electron chi connectivity index (χ2n) is 4.01. The molecule has 0 aromatic carbocycles. The highest BCUT2D eigenvalue weighted by Crippen LogP contribution is 2.12. The molecule has 0 rings (SSSR count). The maximum Gasteiger partial charge on any atom is 0.326 e. The number of carboxylic acids is 1. The number of carbonyl (C=O) groups is 2. The van der Waals surface area contributed by atoms with E-state index in [0.29, 0.717) is 25.0 Å². The SMILES string of the molecule is CCC(N)(CC)C(=O)NC(CCSC)C(=O)O. The number of rotatable bonds is 8. The zero-order valence-corrected chi connectivity index (χ0v) is 11.5. The third-order valence-corrected chi connectivity index (χ3v) is 3.57. The Hall–Kier alpha value is -0.750. The topological polar surface area (TPSA) is 92.4 Å². The summed E-state index contributed by atoms with van der Waals surface area (Å²) in [6.45, 7) is 3.64. The molecule has 100 valence electrons. The molecule has 0 saturated carbocycles. The molecule has 0 aliphatic heterocycles. The normalized spacial score (nSPS) is 13.2. The van der Waals surface area contributed by atoms with Crippen LogP contribution >= 0.6 is 11.8 Å². The molecule has 0 fully saturated rings. The standard InChI is InChI=1S/C11H22N2O3S/c1-4-11(12,5-2)10(16)13-8(9(14)15)6-7-17-3/h8H,4-7,12H2,1-3H3,(H,13,16)(H,14,15). The molecule has 0 aliphatic rings. The molecule has 0 heterocycles. The Kier molecular flexibility index (Phi) is 7.22. The third-order valence-electron chi connectivity index (χ3n) is 2.93. The van der Waals surface area contributed by atoms with Gasteiger partial charge in [0.2, 0.25) is 5.91 Å². The largest absolute Gasteiger partial charge is 0.480 e. The summed E-state index contributed by atoms with van der Waals surface area (Å²) in [5.41, 5.74) is 4.94. The van der Waals surface area contributed by atoms with Crippen molar-refractivity contribution in [1.29, 1.82) is 0 Å². The predicted octanol–water partition coefficient (Wildman–Crippen LogP) is 0.826. The van der Waals surface area contributed by atoms with Crippen LogP contribution in [0.1, 0.15) is 33.1 Å². The molecule has 1 amide bonds. The number of amides is 1. The Bertz CT molecular complexity index is 267. The number of aliphatic carboxylic acids is 1. The first-order valence-electron chi connectivity index (χ1n) is 5.72. The van der Waals surface area contributed by atoms with Crippen molar-refractivity contribution in [2.75, 3.05) is 12.0 Å². The molecule has 0 bridgehead atoms. The minimum atomic E-state index is -1.01. The van der Waals surface area contributed by atoms with Crippen molar-refractivity contribution in [2.24, 2.45) is 5.73 Å². The van der Waals surface area contributed by atoms with Crippen LogP contribution in [0.3, 0.4) is 0 Å². The number of hydrogen-bond donors (Lipinski definition) is 3. The van der Waals surface area contributed by atoms with Crippen LogP contribution in [0.5, 0.6) is 0 Å². The molecular weight excluding hydrogens is 240 g/mol. The van der Waals surface area contributed by atoms with E-state index in [2.05, 4.69) is 5.32 Å². The van der Waals surface area contributed by atoms with Crippen LogP contribution in [-0.4, -0.2) is 40.6 Å². The fourth-order valence-corrected chi connectivity index (χ4v) is 1.84. The summed E-state index contributed by atoms with van der Waals surface area (Å²) in [5.74, 6) is -0.703. The highest BCUT2D eigenvalue weighted by atomic mass is 32.2. The molecule has 17 heavy (non-hydrogen) atoms. The van der Waals surface area contributed by atoms with Crippen molar-refractivity contribution < 1.29 is 14.7 Å². The quantitative estimate of drug-likeness (QED) is 0.602. The average Bonchev–Trinajstić information content (AvgIpc) is 2.32. The third kappa shape index (κ3) is 4.95. The van der Waals surface area contributed by atoms with Gasteiger partial charge in [-0.2, -0.15) is 11.8 Å². The lowest BCUT2D eigenvalue weighted by atomic mass is 9.93. The van der Waals surface area contributed by atoms with Gasteiger partial charge in [-0.05, 0) is 31.3 Å². The smallest absolute Gasteiger partial charge is 0.326 e. The molecule has 4 N–H and O–H groups in total. The van der Waals surface area contributed by atoms with Gasteiger partial charge in [0.25, 0.3) is 0 Å². The molecule has 0 aromatic heterocycles. The second-order valence-corrected chi connectivity index (χ2v) is 4.99. The monoisotopic (exact) mass is 262 g/mol. The van der Waals surface area contributed by atoms with Gasteiger partial charge in [0.15, 0.2) is 0 Å². The molecule has 0 aromatic rings. The summed E-state index contributed by atoms with van der Waals surface area (Å²) in [4.78, 5) is 22.9. The summed E-state index contributed by atoms with van der Waals surface area (Å²) in [5, 5.41) is 11.5. The van der Waals surface area contributed by atoms with Crippen molar-refractivity contribution in [2.45, 2.75) is 44.7 Å². The van der Waals surface area contributed by atoms with Crippen LogP contribution in [-0.2, 0) is 9.59 Å². The Labute approximate surface area is 107 Å². The van der Waals surface area contributed by atoms with E-state index in [9.17, 15) is 9.59 Å². The fraction of sp³-hybridized carbons (Fsp3) is 0.818. The van der Waals surface area contributed by atoms with Crippen LogP contribution < -0.4 is 11.1 Å². The zero-order valence-electron chi connectivity index (χ0n) is 10.7. The van der Waals surface area contributed by atoms with E-state index < -0.39 is 17.6 Å². The van der Waals surface area contributed by atoms with E-state index >= 15 is 0 Å². The van der Waals surface area contributed by atoms with Gasteiger partial charge in [-0.25, -0.2) is 4.79 Å². The lowest BCUT2D eigenvalue weighted by Crippen LogP contribution is -2.57. The molecule has 1 atom stereocenters. The van der Waals surface area contributed by atoms with Crippen LogP contribution in [0.2, 0.25) is 0 Å². The maximum absolute atomic E-state index is 11.9. The number of thioether (sulfide) groups is 1. The molecular formula is C11H22N2O3S. The average molecular weight is 262 g/mol. The zero-order chi connectivity index (χ0) is 13.5. The minimum absolute atomic E-state index is 0.379. The minimum Gasteiger partial charge on any atom is -0.480 e. The van der Waals surface area contributed by atoms with Gasteiger partial charge in [0.05, 0.1) is 5.54 Å². The fourth-order valence-electron chi connectivity index (χ4n) is 1.37. The van der Waals surface area contributed by atoms with Crippen molar-refractivity contribution in [3.63, 3.8) is 0 Å². The van der Waals surface area contributed by atoms with E-state index in [1.807, 2.05) is 20.1 Å². The number of carboxylic acid groups (broad SMARTS) is 1. The summed E-state index contributed by atoms with van der Waals surface area (Å²) in [6, 6.07) is -0.851. The lowest BCUT2D eigenvalue weighted by Gasteiger charge is -2.27. The molecule has 0 radical (unpaired) electrons. The first-order valence-corrected chi connectivity index (χ1v) is 7.12. The Morgan fingerprint density at radius 1 is 1.41 bits per heavy atom. The van der Waals surface area contributed by atoms with Gasteiger partial charge >= 0.3 is 5.97 Å². The summed E-state index contributed by atoms with van der Waals surface area (Å²) < 4.78 is 0. The van der Waals surface area contributed by atoms with E-state index in [1.165, 1.54) is 0 Å². The number of nitrogens with one attached hydrogen (secondary N) is 1. The van der Waals surface area contributed by atoms with Crippen LogP contribution in [0.4, 0.5) is 0 Å². The first kappa shape index (κ1) is 16.2. The number of carbonyl (C=O) groups excluding carboxylic acids is 1. The maximum atomic E-state index is 11.9. The molecule has 5 nitrogen and oxygen atoms in total. The van der Waals surface area contributed by atoms with Crippen molar-refractivity contribution in [3.05, 3.63) is 0 Å². The Balaban J connectivity index is 4.54. The van der Waals surface area contributed by atoms with Gasteiger partial charge in [-0.1, -0.05) is 13.8 Å². The molecule has 0 aliphatic carbocycles. The molecule has 6 heteroatoms. The lowest BCUT2D eigenvalue weighted by molar-refractivity contribution is -0.142. The summed E-state index contributed by atoms with van der Waals surface area (Å²) in [6.07, 6.45) is 3.28. The van der Waals surface area contributed by atoms with E-state index in [0.717, 1.165) is 0 Å². The van der Waals surface area contributed by atoms with Crippen molar-refractivity contribution >= 4 is 23.6 Å². The predicted molar refractivity (Wildman–Crippen MR) is 70.1 cm³/mol. The Morgan fingerprint density at radius 3 is 2.29 bits per heavy atom. The first-order chi connectivity index (χ1) is 7.91. The second kappa shape index (κ2) is 7.55. The van der Waals surface area contributed by atoms with Crippen LogP contribution in [0.15, 0.2) is 0 Å². The summed E-state index contributed by atoms with van der Waals surface area (Å²) >= 11 is 1.55. The van der Waals surface area contributed by atoms with Gasteiger partial charge in [-0.3, -0.25) is 4.79 Å².